The molecule has 20 heavy (non-hydrogen) atoms. The Morgan fingerprint density at radius 1 is 1.25 bits per heavy atom. The third-order valence-electron chi connectivity index (χ3n) is 3.23. The summed E-state index contributed by atoms with van der Waals surface area (Å²) in [4.78, 5) is 13.6. The molecule has 0 saturated carbocycles. The number of aliphatic hydroxyl groups is 1. The Kier molecular flexibility index (Phi) is 4.81. The van der Waals surface area contributed by atoms with Crippen molar-refractivity contribution in [1.82, 2.24) is 4.90 Å². The molecule has 0 bridgehead atoms. The van der Waals surface area contributed by atoms with Gasteiger partial charge in [-0.15, -0.1) is 0 Å². The van der Waals surface area contributed by atoms with Gasteiger partial charge in [-0.05, 0) is 25.5 Å². The van der Waals surface area contributed by atoms with Crippen molar-refractivity contribution >= 4 is 5.91 Å². The molecule has 1 aromatic carbocycles. The normalized spacial score (nSPS) is 12.3. The van der Waals surface area contributed by atoms with Crippen LogP contribution in [0.4, 0.5) is 13.2 Å². The van der Waals surface area contributed by atoms with E-state index in [1.165, 1.54) is 24.1 Å². The van der Waals surface area contributed by atoms with Gasteiger partial charge in [-0.2, -0.15) is 13.2 Å². The summed E-state index contributed by atoms with van der Waals surface area (Å²) in [6, 6.07) is 4.76. The first kappa shape index (κ1) is 16.5. The molecule has 1 amide bonds. The van der Waals surface area contributed by atoms with Gasteiger partial charge in [-0.25, -0.2) is 0 Å². The summed E-state index contributed by atoms with van der Waals surface area (Å²) in [5.74, 6) is -0.342. The lowest BCUT2D eigenvalue weighted by atomic mass is 9.82. The van der Waals surface area contributed by atoms with E-state index in [4.69, 9.17) is 5.11 Å². The van der Waals surface area contributed by atoms with Gasteiger partial charge in [0.05, 0.1) is 17.6 Å². The van der Waals surface area contributed by atoms with Crippen LogP contribution >= 0.6 is 0 Å². The van der Waals surface area contributed by atoms with Crippen molar-refractivity contribution in [3.8, 4) is 0 Å². The van der Waals surface area contributed by atoms with Gasteiger partial charge in [-0.3, -0.25) is 4.79 Å². The second kappa shape index (κ2) is 5.83. The first-order valence-corrected chi connectivity index (χ1v) is 6.15. The fraction of sp³-hybridized carbons (Fsp3) is 0.500. The molecule has 0 aromatic heterocycles. The van der Waals surface area contributed by atoms with Crippen LogP contribution in [-0.4, -0.2) is 36.1 Å². The van der Waals surface area contributed by atoms with E-state index in [-0.39, 0.29) is 19.1 Å². The van der Waals surface area contributed by atoms with Crippen LogP contribution in [0.25, 0.3) is 0 Å². The lowest BCUT2D eigenvalue weighted by Crippen LogP contribution is -2.42. The molecule has 1 rings (SSSR count). The molecule has 3 nitrogen and oxygen atoms in total. The third-order valence-corrected chi connectivity index (χ3v) is 3.23. The van der Waals surface area contributed by atoms with E-state index in [1.807, 2.05) is 0 Å². The number of amides is 1. The Hall–Kier alpha value is -1.56. The fourth-order valence-corrected chi connectivity index (χ4v) is 1.94. The maximum Gasteiger partial charge on any atom is 0.416 e. The predicted octanol–water partition coefficient (Wildman–Crippen LogP) is 2.43. The molecule has 0 spiro atoms. The summed E-state index contributed by atoms with van der Waals surface area (Å²) in [6.07, 6.45) is -4.44. The average Bonchev–Trinajstić information content (AvgIpc) is 2.37. The minimum atomic E-state index is -4.44. The molecule has 0 aliphatic carbocycles. The molecule has 6 heteroatoms. The van der Waals surface area contributed by atoms with Gasteiger partial charge >= 0.3 is 6.18 Å². The third kappa shape index (κ3) is 3.50. The Bertz CT molecular complexity index is 484. The Morgan fingerprint density at radius 2 is 1.80 bits per heavy atom. The zero-order valence-corrected chi connectivity index (χ0v) is 11.7. The standard InChI is InChI=1S/C14H18F3NO2/c1-13(2,12(20)18(3)7-8-19)10-5-4-6-11(9-10)14(15,16)17/h4-6,9,19H,7-8H2,1-3H3. The van der Waals surface area contributed by atoms with Gasteiger partial charge in [0, 0.05) is 13.6 Å². The van der Waals surface area contributed by atoms with Gasteiger partial charge < -0.3 is 10.0 Å². The van der Waals surface area contributed by atoms with E-state index in [0.29, 0.717) is 5.56 Å². The number of likely N-dealkylation sites (N-methyl/N-ethyl adjacent to an activating group) is 1. The zero-order chi connectivity index (χ0) is 15.6. The van der Waals surface area contributed by atoms with Crippen LogP contribution in [0.1, 0.15) is 25.0 Å². The van der Waals surface area contributed by atoms with Crippen molar-refractivity contribution in [3.63, 3.8) is 0 Å². The minimum absolute atomic E-state index is 0.140. The smallest absolute Gasteiger partial charge is 0.395 e. The second-order valence-electron chi connectivity index (χ2n) is 5.15. The van der Waals surface area contributed by atoms with Crippen LogP contribution < -0.4 is 0 Å². The monoisotopic (exact) mass is 289 g/mol. The van der Waals surface area contributed by atoms with E-state index in [9.17, 15) is 18.0 Å². The highest BCUT2D eigenvalue weighted by Crippen LogP contribution is 2.33. The molecular formula is C14H18F3NO2. The number of halogens is 3. The first-order valence-electron chi connectivity index (χ1n) is 6.15. The summed E-state index contributed by atoms with van der Waals surface area (Å²) in [6.45, 7) is 3.08. The van der Waals surface area contributed by atoms with Crippen LogP contribution in [-0.2, 0) is 16.4 Å². The van der Waals surface area contributed by atoms with Crippen LogP contribution in [0, 0.1) is 0 Å². The molecule has 0 atom stereocenters. The molecule has 0 radical (unpaired) electrons. The quantitative estimate of drug-likeness (QED) is 0.925. The lowest BCUT2D eigenvalue weighted by molar-refractivity contribution is -0.138. The van der Waals surface area contributed by atoms with Gasteiger partial charge in [0.25, 0.3) is 0 Å². The summed E-state index contributed by atoms with van der Waals surface area (Å²) in [5.41, 5.74) is -1.58. The second-order valence-corrected chi connectivity index (χ2v) is 5.15. The lowest BCUT2D eigenvalue weighted by Gasteiger charge is -2.30. The first-order chi connectivity index (χ1) is 9.10. The number of alkyl halides is 3. The molecule has 1 aromatic rings. The van der Waals surface area contributed by atoms with Crippen LogP contribution in [0.2, 0.25) is 0 Å². The number of carbonyl (C=O) groups excluding carboxylic acids is 1. The van der Waals surface area contributed by atoms with E-state index in [0.717, 1.165) is 12.1 Å². The largest absolute Gasteiger partial charge is 0.416 e. The summed E-state index contributed by atoms with van der Waals surface area (Å²) >= 11 is 0. The molecule has 0 saturated heterocycles. The molecule has 112 valence electrons. The van der Waals surface area contributed by atoms with Crippen molar-refractivity contribution in [1.29, 1.82) is 0 Å². The van der Waals surface area contributed by atoms with Crippen molar-refractivity contribution in [2.75, 3.05) is 20.2 Å². The number of rotatable bonds is 4. The highest BCUT2D eigenvalue weighted by molar-refractivity contribution is 5.87. The number of aliphatic hydroxyl groups excluding tert-OH is 1. The maximum absolute atomic E-state index is 12.7. The van der Waals surface area contributed by atoms with Gasteiger partial charge in [-0.1, -0.05) is 18.2 Å². The summed E-state index contributed by atoms with van der Waals surface area (Å²) < 4.78 is 38.1. The van der Waals surface area contributed by atoms with Crippen LogP contribution in [0.15, 0.2) is 24.3 Å². The summed E-state index contributed by atoms with van der Waals surface area (Å²) in [5, 5.41) is 8.83. The Morgan fingerprint density at radius 3 is 2.30 bits per heavy atom. The van der Waals surface area contributed by atoms with Crippen molar-refractivity contribution in [2.24, 2.45) is 0 Å². The fourth-order valence-electron chi connectivity index (χ4n) is 1.94. The van der Waals surface area contributed by atoms with Gasteiger partial charge in [0.1, 0.15) is 0 Å². The molecule has 0 unspecified atom stereocenters. The SMILES string of the molecule is CN(CCO)C(=O)C(C)(C)c1cccc(C(F)(F)F)c1. The van der Waals surface area contributed by atoms with Gasteiger partial charge in [0.2, 0.25) is 5.91 Å². The topological polar surface area (TPSA) is 40.5 Å². The molecule has 0 aliphatic heterocycles. The van der Waals surface area contributed by atoms with Crippen molar-refractivity contribution in [3.05, 3.63) is 35.4 Å². The van der Waals surface area contributed by atoms with Crippen LogP contribution in [0.5, 0.6) is 0 Å². The van der Waals surface area contributed by atoms with E-state index in [1.54, 1.807) is 13.8 Å². The van der Waals surface area contributed by atoms with Crippen molar-refractivity contribution < 1.29 is 23.1 Å². The number of carbonyl (C=O) groups is 1. The zero-order valence-electron chi connectivity index (χ0n) is 11.7. The number of hydrogen-bond donors (Lipinski definition) is 1. The number of hydrogen-bond acceptors (Lipinski definition) is 2. The van der Waals surface area contributed by atoms with Gasteiger partial charge in [0.15, 0.2) is 0 Å². The van der Waals surface area contributed by atoms with Crippen molar-refractivity contribution in [2.45, 2.75) is 25.4 Å². The molecular weight excluding hydrogens is 271 g/mol. The Balaban J connectivity index is 3.12. The average molecular weight is 289 g/mol. The molecule has 0 fully saturated rings. The van der Waals surface area contributed by atoms with Crippen LogP contribution in [0.3, 0.4) is 0 Å². The minimum Gasteiger partial charge on any atom is -0.395 e. The Labute approximate surface area is 116 Å². The highest BCUT2D eigenvalue weighted by atomic mass is 19.4. The molecule has 1 N–H and O–H groups in total. The van der Waals surface area contributed by atoms with E-state index >= 15 is 0 Å². The molecule has 0 heterocycles. The maximum atomic E-state index is 12.7. The van der Waals surface area contributed by atoms with E-state index < -0.39 is 17.2 Å². The van der Waals surface area contributed by atoms with E-state index in [2.05, 4.69) is 0 Å². The molecule has 0 aliphatic rings. The highest BCUT2D eigenvalue weighted by Gasteiger charge is 2.35. The number of nitrogens with zero attached hydrogens (tertiary/aromatic N) is 1. The predicted molar refractivity (Wildman–Crippen MR) is 69.2 cm³/mol. The number of benzene rings is 1. The summed E-state index contributed by atoms with van der Waals surface area (Å²) in [7, 11) is 1.51.